The third-order valence-electron chi connectivity index (χ3n) is 10.1. The van der Waals surface area contributed by atoms with Crippen LogP contribution in [0.25, 0.3) is 32.9 Å². The summed E-state index contributed by atoms with van der Waals surface area (Å²) in [6.45, 7) is 2.57. The summed E-state index contributed by atoms with van der Waals surface area (Å²) in [5.74, 6) is 3.66. The van der Waals surface area contributed by atoms with Crippen LogP contribution in [0.2, 0.25) is 0 Å². The molecule has 6 heterocycles. The second-order valence-electron chi connectivity index (χ2n) is 12.9. The summed E-state index contributed by atoms with van der Waals surface area (Å²) in [6, 6.07) is 5.78. The number of nitrogens with one attached hydrogen (secondary N) is 1. The van der Waals surface area contributed by atoms with Gasteiger partial charge in [-0.1, -0.05) is 12.0 Å². The zero-order chi connectivity index (χ0) is 31.7. The van der Waals surface area contributed by atoms with Crippen LogP contribution in [-0.4, -0.2) is 81.5 Å². The van der Waals surface area contributed by atoms with E-state index in [1.165, 1.54) is 24.3 Å². The van der Waals surface area contributed by atoms with Crippen LogP contribution in [0, 0.1) is 36.3 Å². The van der Waals surface area contributed by atoms with Crippen molar-refractivity contribution in [2.45, 2.75) is 55.9 Å². The fraction of sp³-hybridized carbons (Fsp3) is 0.400. The largest absolute Gasteiger partial charge is 0.508 e. The number of terminal acetylenes is 2. The number of halogens is 3. The smallest absolute Gasteiger partial charge is 0.319 e. The summed E-state index contributed by atoms with van der Waals surface area (Å²) in [4.78, 5) is 18.1. The second-order valence-corrected chi connectivity index (χ2v) is 12.9. The van der Waals surface area contributed by atoms with Crippen LogP contribution in [-0.2, 0) is 0 Å². The minimum Gasteiger partial charge on any atom is -0.508 e. The molecular weight excluding hydrogens is 593 g/mol. The Hall–Kier alpha value is -4.58. The zero-order valence-electron chi connectivity index (χ0n) is 25.0. The Balaban J connectivity index is 1.33. The van der Waals surface area contributed by atoms with Crippen molar-refractivity contribution in [3.8, 4) is 47.7 Å². The van der Waals surface area contributed by atoms with Crippen molar-refractivity contribution >= 4 is 27.5 Å². The standard InChI is InChI=1S/C35H31F3N6O2/c1-3-24-26(37)9-6-19-12-23(45)13-25(28(19)24)31-30(38)32-29(27(4-2)40-31)33(43-16-21-7-8-22(17-43)39-21)42-34(41-32)46-18-35-10-5-11-44(35)15-20(36)14-35/h1-2,6,9,12-13,20-22,39,45H,5,7-8,10-11,14-18H2/t20-,21?,22?,35-/m1/s1. The van der Waals surface area contributed by atoms with E-state index >= 15 is 4.39 Å². The molecule has 4 saturated heterocycles. The highest BCUT2D eigenvalue weighted by molar-refractivity contribution is 6.04. The van der Waals surface area contributed by atoms with E-state index < -0.39 is 23.3 Å². The number of hydrogen-bond acceptors (Lipinski definition) is 8. The monoisotopic (exact) mass is 624 g/mol. The summed E-state index contributed by atoms with van der Waals surface area (Å²) in [6.07, 6.45) is 14.9. The minimum atomic E-state index is -0.938. The normalized spacial score (nSPS) is 25.6. The molecule has 4 aromatic rings. The third kappa shape index (κ3) is 4.52. The first-order valence-corrected chi connectivity index (χ1v) is 15.6. The van der Waals surface area contributed by atoms with Gasteiger partial charge in [0.2, 0.25) is 0 Å². The molecule has 4 aliphatic rings. The van der Waals surface area contributed by atoms with Crippen LogP contribution in [0.4, 0.5) is 19.0 Å². The van der Waals surface area contributed by atoms with E-state index in [0.29, 0.717) is 37.3 Å². The number of anilines is 1. The summed E-state index contributed by atoms with van der Waals surface area (Å²) < 4.78 is 52.6. The van der Waals surface area contributed by atoms with Gasteiger partial charge in [0.15, 0.2) is 5.82 Å². The average Bonchev–Trinajstić information content (AvgIpc) is 3.70. The van der Waals surface area contributed by atoms with E-state index in [0.717, 1.165) is 32.2 Å². The molecule has 4 atom stereocenters. The average molecular weight is 625 g/mol. The number of ether oxygens (including phenoxy) is 1. The van der Waals surface area contributed by atoms with Gasteiger partial charge in [0, 0.05) is 49.1 Å². The van der Waals surface area contributed by atoms with Crippen molar-refractivity contribution in [2.75, 3.05) is 37.7 Å². The summed E-state index contributed by atoms with van der Waals surface area (Å²) in [5, 5.41) is 15.1. The number of piperazine rings is 1. The van der Waals surface area contributed by atoms with Gasteiger partial charge in [0.25, 0.3) is 0 Å². The highest BCUT2D eigenvalue weighted by Crippen LogP contribution is 2.42. The Kier molecular flexibility index (Phi) is 6.75. The lowest BCUT2D eigenvalue weighted by atomic mass is 9.95. The maximum absolute atomic E-state index is 17.0. The number of nitrogens with zero attached hydrogens (tertiary/aromatic N) is 5. The fourth-order valence-electron chi connectivity index (χ4n) is 8.08. The maximum atomic E-state index is 17.0. The maximum Gasteiger partial charge on any atom is 0.319 e. The Morgan fingerprint density at radius 2 is 1.85 bits per heavy atom. The van der Waals surface area contributed by atoms with Gasteiger partial charge in [-0.15, -0.1) is 12.8 Å². The van der Waals surface area contributed by atoms with Gasteiger partial charge in [-0.3, -0.25) is 4.90 Å². The SMILES string of the molecule is C#Cc1c(F)ccc2cc(O)cc(-c3nc(C#C)c4c(N5CC6CCC(C5)N6)nc(OC[C@]56CCCN5C[C@H](F)C6)nc4c3F)c12. The number of alkyl halides is 1. The first-order valence-electron chi connectivity index (χ1n) is 15.6. The number of benzene rings is 2. The number of aromatic nitrogens is 3. The molecule has 0 saturated carbocycles. The van der Waals surface area contributed by atoms with Gasteiger partial charge in [0.05, 0.1) is 16.5 Å². The first kappa shape index (κ1) is 28.9. The minimum absolute atomic E-state index is 0.0490. The number of phenolic OH excluding ortho intramolecular Hbond substituents is 1. The lowest BCUT2D eigenvalue weighted by molar-refractivity contribution is 0.107. The molecule has 8 rings (SSSR count). The molecule has 2 aromatic carbocycles. The number of aromatic hydroxyl groups is 1. The van der Waals surface area contributed by atoms with Gasteiger partial charge in [0.1, 0.15) is 47.1 Å². The van der Waals surface area contributed by atoms with Crippen LogP contribution in [0.3, 0.4) is 0 Å². The number of phenols is 1. The van der Waals surface area contributed by atoms with E-state index in [-0.39, 0.29) is 69.3 Å². The summed E-state index contributed by atoms with van der Waals surface area (Å²) in [5.41, 5.74) is -0.755. The van der Waals surface area contributed by atoms with Crippen LogP contribution in [0.15, 0.2) is 24.3 Å². The Labute approximate surface area is 264 Å². The second kappa shape index (κ2) is 10.8. The highest BCUT2D eigenvalue weighted by Gasteiger charge is 2.49. The molecular formula is C35H31F3N6O2. The molecule has 8 nitrogen and oxygen atoms in total. The molecule has 2 N–H and O–H groups in total. The highest BCUT2D eigenvalue weighted by atomic mass is 19.1. The van der Waals surface area contributed by atoms with Gasteiger partial charge in [-0.05, 0) is 61.7 Å². The molecule has 0 radical (unpaired) electrons. The summed E-state index contributed by atoms with van der Waals surface area (Å²) >= 11 is 0. The Morgan fingerprint density at radius 1 is 1.04 bits per heavy atom. The number of rotatable bonds is 5. The first-order chi connectivity index (χ1) is 22.3. The predicted octanol–water partition coefficient (Wildman–Crippen LogP) is 4.69. The third-order valence-corrected chi connectivity index (χ3v) is 10.1. The molecule has 4 aliphatic heterocycles. The van der Waals surface area contributed by atoms with Crippen molar-refractivity contribution < 1.29 is 23.0 Å². The molecule has 0 amide bonds. The number of pyridine rings is 1. The molecule has 4 fully saturated rings. The van der Waals surface area contributed by atoms with E-state index in [2.05, 4.69) is 36.9 Å². The molecule has 2 aromatic heterocycles. The molecule has 2 bridgehead atoms. The molecule has 0 aliphatic carbocycles. The van der Waals surface area contributed by atoms with Crippen molar-refractivity contribution in [2.24, 2.45) is 0 Å². The van der Waals surface area contributed by atoms with Crippen LogP contribution in [0.5, 0.6) is 11.8 Å². The number of hydrogen-bond donors (Lipinski definition) is 2. The van der Waals surface area contributed by atoms with Crippen LogP contribution < -0.4 is 15.0 Å². The number of fused-ring (bicyclic) bond motifs is 5. The van der Waals surface area contributed by atoms with Crippen molar-refractivity contribution in [1.29, 1.82) is 0 Å². The van der Waals surface area contributed by atoms with Crippen molar-refractivity contribution in [3.63, 3.8) is 0 Å². The fourth-order valence-corrected chi connectivity index (χ4v) is 8.08. The van der Waals surface area contributed by atoms with E-state index in [1.54, 1.807) is 0 Å². The lowest BCUT2D eigenvalue weighted by Crippen LogP contribution is -2.51. The molecule has 2 unspecified atom stereocenters. The van der Waals surface area contributed by atoms with Gasteiger partial charge in [-0.25, -0.2) is 18.2 Å². The predicted molar refractivity (Wildman–Crippen MR) is 168 cm³/mol. The zero-order valence-corrected chi connectivity index (χ0v) is 25.0. The van der Waals surface area contributed by atoms with Crippen molar-refractivity contribution in [1.82, 2.24) is 25.2 Å². The van der Waals surface area contributed by atoms with Crippen LogP contribution in [0.1, 0.15) is 43.4 Å². The van der Waals surface area contributed by atoms with Crippen molar-refractivity contribution in [3.05, 3.63) is 47.2 Å². The Bertz CT molecular complexity index is 2000. The van der Waals surface area contributed by atoms with E-state index in [1.807, 2.05) is 0 Å². The summed E-state index contributed by atoms with van der Waals surface area (Å²) in [7, 11) is 0. The molecule has 0 spiro atoms. The molecule has 234 valence electrons. The molecule has 46 heavy (non-hydrogen) atoms. The van der Waals surface area contributed by atoms with Gasteiger partial charge >= 0.3 is 6.01 Å². The van der Waals surface area contributed by atoms with E-state index in [4.69, 9.17) is 22.6 Å². The van der Waals surface area contributed by atoms with Crippen LogP contribution >= 0.6 is 0 Å². The Morgan fingerprint density at radius 3 is 2.61 bits per heavy atom. The van der Waals surface area contributed by atoms with Gasteiger partial charge < -0.3 is 20.1 Å². The van der Waals surface area contributed by atoms with E-state index in [9.17, 15) is 13.9 Å². The van der Waals surface area contributed by atoms with Gasteiger partial charge in [-0.2, -0.15) is 9.97 Å². The lowest BCUT2D eigenvalue weighted by Gasteiger charge is -2.34. The molecule has 11 heteroatoms. The topological polar surface area (TPSA) is 86.6 Å². The quantitative estimate of drug-likeness (QED) is 0.310.